The average Bonchev–Trinajstić information content (AvgIpc) is 2.22. The number of hydrogen-bond acceptors (Lipinski definition) is 2. The maximum Gasteiger partial charge on any atom is 0.415 e. The van der Waals surface area contributed by atoms with Crippen LogP contribution in [0.15, 0.2) is 18.2 Å². The minimum atomic E-state index is -4.73. The molecule has 0 aromatic heterocycles. The predicted octanol–water partition coefficient (Wildman–Crippen LogP) is 1.98. The molecule has 0 heterocycles. The number of benzene rings is 1. The first kappa shape index (κ1) is 13.9. The Hall–Kier alpha value is -1.21. The van der Waals surface area contributed by atoms with Crippen molar-refractivity contribution < 1.29 is 27.1 Å². The highest BCUT2D eigenvalue weighted by atomic mass is 19.4. The summed E-state index contributed by atoms with van der Waals surface area (Å²) in [4.78, 5) is 0. The first-order valence-corrected chi connectivity index (χ1v) is 4.70. The summed E-state index contributed by atoms with van der Waals surface area (Å²) in [6.07, 6.45) is -7.26. The largest absolute Gasteiger partial charge is 0.415 e. The van der Waals surface area contributed by atoms with Gasteiger partial charge in [-0.1, -0.05) is 12.1 Å². The molecule has 7 heteroatoms. The highest BCUT2D eigenvalue weighted by molar-refractivity contribution is 5.18. The minimum Gasteiger partial charge on any atom is -0.382 e. The molecule has 1 aromatic carbocycles. The van der Waals surface area contributed by atoms with Gasteiger partial charge in [0.15, 0.2) is 17.7 Å². The van der Waals surface area contributed by atoms with E-state index in [9.17, 15) is 22.0 Å². The van der Waals surface area contributed by atoms with Crippen LogP contribution in [0.25, 0.3) is 0 Å². The van der Waals surface area contributed by atoms with Crippen LogP contribution in [0.3, 0.4) is 0 Å². The summed E-state index contributed by atoms with van der Waals surface area (Å²) in [5.74, 6) is -2.18. The Labute approximate surface area is 94.1 Å². The number of aliphatic hydroxyl groups is 1. The molecule has 0 fully saturated rings. The zero-order valence-electron chi connectivity index (χ0n) is 8.56. The van der Waals surface area contributed by atoms with Crippen molar-refractivity contribution >= 4 is 0 Å². The summed E-state index contributed by atoms with van der Waals surface area (Å²) < 4.78 is 61.5. The number of nitrogens with one attached hydrogen (secondary N) is 1. The van der Waals surface area contributed by atoms with Crippen molar-refractivity contribution in [1.82, 2.24) is 5.32 Å². The minimum absolute atomic E-state index is 0.0978. The summed E-state index contributed by atoms with van der Waals surface area (Å²) in [7, 11) is 0. The van der Waals surface area contributed by atoms with Crippen LogP contribution in [0.2, 0.25) is 0 Å². The molecule has 17 heavy (non-hydrogen) atoms. The Balaban J connectivity index is 2.49. The van der Waals surface area contributed by atoms with E-state index in [0.717, 1.165) is 6.07 Å². The fraction of sp³-hybridized carbons (Fsp3) is 0.400. The van der Waals surface area contributed by atoms with Gasteiger partial charge < -0.3 is 10.4 Å². The van der Waals surface area contributed by atoms with Gasteiger partial charge in [0.2, 0.25) is 0 Å². The van der Waals surface area contributed by atoms with E-state index in [1.165, 1.54) is 12.1 Å². The van der Waals surface area contributed by atoms with Gasteiger partial charge in [-0.15, -0.1) is 0 Å². The van der Waals surface area contributed by atoms with E-state index >= 15 is 0 Å². The van der Waals surface area contributed by atoms with Crippen molar-refractivity contribution in [1.29, 1.82) is 0 Å². The van der Waals surface area contributed by atoms with Crippen LogP contribution in [-0.2, 0) is 6.54 Å². The van der Waals surface area contributed by atoms with Gasteiger partial charge in [-0.25, -0.2) is 8.78 Å². The van der Waals surface area contributed by atoms with Crippen molar-refractivity contribution in [3.05, 3.63) is 35.4 Å². The number of rotatable bonds is 4. The number of alkyl halides is 3. The van der Waals surface area contributed by atoms with E-state index in [4.69, 9.17) is 5.11 Å². The SMILES string of the molecule is OC(CNCc1cccc(F)c1F)C(F)(F)F. The number of aliphatic hydroxyl groups excluding tert-OH is 1. The third-order valence-electron chi connectivity index (χ3n) is 2.06. The third-order valence-corrected chi connectivity index (χ3v) is 2.06. The maximum absolute atomic E-state index is 13.1. The third kappa shape index (κ3) is 3.94. The molecule has 0 radical (unpaired) electrons. The van der Waals surface area contributed by atoms with Crippen LogP contribution in [0, 0.1) is 11.6 Å². The molecule has 2 nitrogen and oxygen atoms in total. The van der Waals surface area contributed by atoms with Gasteiger partial charge in [0.05, 0.1) is 0 Å². The summed E-state index contributed by atoms with van der Waals surface area (Å²) in [5, 5.41) is 10.8. The summed E-state index contributed by atoms with van der Waals surface area (Å²) in [6.45, 7) is -1.07. The second kappa shape index (κ2) is 5.42. The molecular formula is C10H10F5NO. The van der Waals surface area contributed by atoms with Crippen molar-refractivity contribution in [3.8, 4) is 0 Å². The van der Waals surface area contributed by atoms with Gasteiger partial charge in [0, 0.05) is 18.7 Å². The van der Waals surface area contributed by atoms with Gasteiger partial charge in [-0.2, -0.15) is 13.2 Å². The van der Waals surface area contributed by atoms with Crippen LogP contribution < -0.4 is 5.32 Å². The van der Waals surface area contributed by atoms with Gasteiger partial charge in [0.1, 0.15) is 0 Å². The lowest BCUT2D eigenvalue weighted by molar-refractivity contribution is -0.201. The second-order valence-electron chi connectivity index (χ2n) is 3.40. The van der Waals surface area contributed by atoms with Crippen LogP contribution in [0.1, 0.15) is 5.56 Å². The molecule has 0 bridgehead atoms. The smallest absolute Gasteiger partial charge is 0.382 e. The monoisotopic (exact) mass is 255 g/mol. The Kier molecular flexibility index (Phi) is 4.41. The molecule has 1 aromatic rings. The lowest BCUT2D eigenvalue weighted by Gasteiger charge is -2.15. The molecule has 0 aliphatic rings. The normalized spacial score (nSPS) is 13.8. The zero-order valence-corrected chi connectivity index (χ0v) is 8.56. The molecule has 96 valence electrons. The molecule has 2 N–H and O–H groups in total. The quantitative estimate of drug-likeness (QED) is 0.806. The van der Waals surface area contributed by atoms with Crippen molar-refractivity contribution in [3.63, 3.8) is 0 Å². The first-order chi connectivity index (χ1) is 7.82. The van der Waals surface area contributed by atoms with Gasteiger partial charge >= 0.3 is 6.18 Å². The molecular weight excluding hydrogens is 245 g/mol. The molecule has 0 saturated heterocycles. The summed E-state index contributed by atoms with van der Waals surface area (Å²) in [6, 6.07) is 3.39. The standard InChI is InChI=1S/C10H10F5NO/c11-7-3-1-2-6(9(7)12)4-16-5-8(17)10(13,14)15/h1-3,8,16-17H,4-5H2. The van der Waals surface area contributed by atoms with E-state index in [1.54, 1.807) is 0 Å². The molecule has 1 rings (SSSR count). The van der Waals surface area contributed by atoms with Crippen LogP contribution in [-0.4, -0.2) is 23.9 Å². The molecule has 1 unspecified atom stereocenters. The highest BCUT2D eigenvalue weighted by Gasteiger charge is 2.37. The van der Waals surface area contributed by atoms with E-state index in [0.29, 0.717) is 0 Å². The zero-order chi connectivity index (χ0) is 13.1. The molecule has 0 saturated carbocycles. The van der Waals surface area contributed by atoms with E-state index in [1.807, 2.05) is 0 Å². The number of halogens is 5. The maximum atomic E-state index is 13.1. The Bertz CT molecular complexity index is 379. The van der Waals surface area contributed by atoms with Gasteiger partial charge in [-0.3, -0.25) is 0 Å². The predicted molar refractivity (Wildman–Crippen MR) is 50.1 cm³/mol. The van der Waals surface area contributed by atoms with Crippen molar-refractivity contribution in [2.24, 2.45) is 0 Å². The molecule has 0 spiro atoms. The van der Waals surface area contributed by atoms with E-state index in [-0.39, 0.29) is 12.1 Å². The summed E-state index contributed by atoms with van der Waals surface area (Å²) >= 11 is 0. The molecule has 1 atom stereocenters. The summed E-state index contributed by atoms with van der Waals surface area (Å²) in [5.41, 5.74) is -0.0978. The highest BCUT2D eigenvalue weighted by Crippen LogP contribution is 2.19. The first-order valence-electron chi connectivity index (χ1n) is 4.70. The van der Waals surface area contributed by atoms with E-state index < -0.39 is 30.5 Å². The second-order valence-corrected chi connectivity index (χ2v) is 3.40. The molecule has 0 aliphatic carbocycles. The Morgan fingerprint density at radius 1 is 1.24 bits per heavy atom. The Morgan fingerprint density at radius 3 is 2.47 bits per heavy atom. The molecule has 0 aliphatic heterocycles. The average molecular weight is 255 g/mol. The Morgan fingerprint density at radius 2 is 1.88 bits per heavy atom. The number of hydrogen-bond donors (Lipinski definition) is 2. The van der Waals surface area contributed by atoms with Crippen molar-refractivity contribution in [2.45, 2.75) is 18.8 Å². The fourth-order valence-electron chi connectivity index (χ4n) is 1.14. The van der Waals surface area contributed by atoms with E-state index in [2.05, 4.69) is 5.32 Å². The van der Waals surface area contributed by atoms with Crippen molar-refractivity contribution in [2.75, 3.05) is 6.54 Å². The fourth-order valence-corrected chi connectivity index (χ4v) is 1.14. The lowest BCUT2D eigenvalue weighted by atomic mass is 10.2. The van der Waals surface area contributed by atoms with Crippen LogP contribution in [0.5, 0.6) is 0 Å². The topological polar surface area (TPSA) is 32.3 Å². The van der Waals surface area contributed by atoms with Gasteiger partial charge in [0.25, 0.3) is 0 Å². The lowest BCUT2D eigenvalue weighted by Crippen LogP contribution is -2.38. The van der Waals surface area contributed by atoms with Crippen LogP contribution >= 0.6 is 0 Å². The van der Waals surface area contributed by atoms with Crippen LogP contribution in [0.4, 0.5) is 22.0 Å². The van der Waals surface area contributed by atoms with Gasteiger partial charge in [-0.05, 0) is 6.07 Å². The molecule has 0 amide bonds.